The number of aryl methyl sites for hydroxylation is 1. The predicted molar refractivity (Wildman–Crippen MR) is 49.6 cm³/mol. The van der Waals surface area contributed by atoms with Crippen molar-refractivity contribution < 1.29 is 29.3 Å². The second kappa shape index (κ2) is 2.68. The second-order valence-electron chi connectivity index (χ2n) is 3.26. The Morgan fingerprint density at radius 2 is 1.69 bits per heavy atom. The van der Waals surface area contributed by atoms with Crippen molar-refractivity contribution in [2.24, 2.45) is 0 Å². The highest BCUT2D eigenvalue weighted by Crippen LogP contribution is 3.02. The van der Waals surface area contributed by atoms with E-state index in [4.69, 9.17) is 5.11 Å². The fraction of sp³-hybridized carbons (Fsp3) is 0.125. The third kappa shape index (κ3) is 2.43. The first-order chi connectivity index (χ1) is 6.85. The van der Waals surface area contributed by atoms with Crippen molar-refractivity contribution in [3.63, 3.8) is 0 Å². The summed E-state index contributed by atoms with van der Waals surface area (Å²) in [5.41, 5.74) is -1.25. The molecule has 0 aromatic heterocycles. The van der Waals surface area contributed by atoms with Gasteiger partial charge in [-0.25, -0.2) is 0 Å². The SMILES string of the molecule is Cc1cc(S(F)(F)(F)(F)F)cc(C=O)c1O. The third-order valence-electron chi connectivity index (χ3n) is 1.88. The molecule has 0 saturated carbocycles. The van der Waals surface area contributed by atoms with Gasteiger partial charge in [0.1, 0.15) is 10.6 Å². The van der Waals surface area contributed by atoms with Gasteiger partial charge < -0.3 is 5.11 Å². The standard InChI is InChI=1S/C8H7F5O2S/c1-5-2-7(16(9,10,11,12)13)3-6(4-14)8(5)15/h2-4,15H,1H3. The van der Waals surface area contributed by atoms with Crippen LogP contribution in [0.4, 0.5) is 19.4 Å². The molecular weight excluding hydrogens is 255 g/mol. The molecule has 0 heterocycles. The summed E-state index contributed by atoms with van der Waals surface area (Å²) in [6.07, 6.45) is -0.116. The Labute approximate surface area is 87.4 Å². The van der Waals surface area contributed by atoms with Gasteiger partial charge in [0.25, 0.3) is 0 Å². The third-order valence-corrected chi connectivity index (χ3v) is 3.00. The molecule has 0 bridgehead atoms. The largest absolute Gasteiger partial charge is 0.507 e. The topological polar surface area (TPSA) is 37.3 Å². The lowest BCUT2D eigenvalue weighted by molar-refractivity contribution is 0.112. The second-order valence-corrected chi connectivity index (χ2v) is 5.67. The predicted octanol–water partition coefficient (Wildman–Crippen LogP) is 4.17. The van der Waals surface area contributed by atoms with Gasteiger partial charge in [-0.3, -0.25) is 4.79 Å². The van der Waals surface area contributed by atoms with Crippen LogP contribution in [-0.4, -0.2) is 11.4 Å². The Morgan fingerprint density at radius 3 is 2.06 bits per heavy atom. The fourth-order valence-corrected chi connectivity index (χ4v) is 1.83. The van der Waals surface area contributed by atoms with E-state index in [0.717, 1.165) is 6.92 Å². The summed E-state index contributed by atoms with van der Waals surface area (Å²) in [5.74, 6) is -0.736. The number of carbonyl (C=O) groups excluding carboxylic acids is 1. The Bertz CT molecular complexity index is 465. The number of phenols is 1. The molecule has 0 fully saturated rings. The van der Waals surface area contributed by atoms with Crippen molar-refractivity contribution in [2.75, 3.05) is 0 Å². The maximum atomic E-state index is 12.4. The monoisotopic (exact) mass is 262 g/mol. The molecule has 0 radical (unpaired) electrons. The Hall–Kier alpha value is -1.31. The molecule has 0 aliphatic carbocycles. The van der Waals surface area contributed by atoms with Crippen LogP contribution in [0, 0.1) is 6.92 Å². The number of benzene rings is 1. The summed E-state index contributed by atoms with van der Waals surface area (Å²) in [5, 5.41) is 9.13. The minimum Gasteiger partial charge on any atom is -0.507 e. The zero-order chi connectivity index (χ0) is 12.8. The molecule has 0 aliphatic rings. The molecule has 1 aromatic carbocycles. The molecular formula is C8H7F5O2S. The van der Waals surface area contributed by atoms with Gasteiger partial charge in [0.05, 0.1) is 5.56 Å². The van der Waals surface area contributed by atoms with Gasteiger partial charge in [0, 0.05) is 0 Å². The molecule has 2 nitrogen and oxygen atoms in total. The van der Waals surface area contributed by atoms with E-state index >= 15 is 0 Å². The van der Waals surface area contributed by atoms with E-state index in [1.54, 1.807) is 0 Å². The van der Waals surface area contributed by atoms with Crippen LogP contribution in [0.15, 0.2) is 17.0 Å². The zero-order valence-electron chi connectivity index (χ0n) is 7.89. The van der Waals surface area contributed by atoms with Gasteiger partial charge in [-0.05, 0) is 24.6 Å². The average Bonchev–Trinajstić information content (AvgIpc) is 2.05. The molecule has 0 spiro atoms. The van der Waals surface area contributed by atoms with Crippen molar-refractivity contribution in [2.45, 2.75) is 11.8 Å². The Balaban J connectivity index is 3.64. The number of rotatable bonds is 2. The van der Waals surface area contributed by atoms with Gasteiger partial charge >= 0.3 is 10.2 Å². The van der Waals surface area contributed by atoms with Crippen LogP contribution in [0.3, 0.4) is 0 Å². The minimum absolute atomic E-state index is 0.0586. The molecule has 92 valence electrons. The first-order valence-corrected chi connectivity index (χ1v) is 5.83. The average molecular weight is 262 g/mol. The summed E-state index contributed by atoms with van der Waals surface area (Å²) in [6.45, 7) is 0.995. The Morgan fingerprint density at radius 1 is 1.19 bits per heavy atom. The van der Waals surface area contributed by atoms with Crippen molar-refractivity contribution in [1.82, 2.24) is 0 Å². The molecule has 1 N–H and O–H groups in total. The first-order valence-electron chi connectivity index (χ1n) is 3.88. The molecule has 0 saturated heterocycles. The maximum Gasteiger partial charge on any atom is 0.310 e. The first kappa shape index (κ1) is 12.8. The van der Waals surface area contributed by atoms with E-state index < -0.39 is 32.0 Å². The van der Waals surface area contributed by atoms with Crippen LogP contribution in [0.1, 0.15) is 15.9 Å². The van der Waals surface area contributed by atoms with Crippen molar-refractivity contribution in [1.29, 1.82) is 0 Å². The van der Waals surface area contributed by atoms with E-state index in [1.165, 1.54) is 0 Å². The van der Waals surface area contributed by atoms with Crippen LogP contribution >= 0.6 is 10.2 Å². The van der Waals surface area contributed by atoms with Gasteiger partial charge in [-0.15, -0.1) is 0 Å². The van der Waals surface area contributed by atoms with Gasteiger partial charge in [-0.2, -0.15) is 0 Å². The number of carbonyl (C=O) groups is 1. The summed E-state index contributed by atoms with van der Waals surface area (Å²) in [4.78, 5) is 8.13. The van der Waals surface area contributed by atoms with Gasteiger partial charge in [0.2, 0.25) is 0 Å². The molecule has 1 rings (SSSR count). The van der Waals surface area contributed by atoms with E-state index in [9.17, 15) is 24.2 Å². The zero-order valence-corrected chi connectivity index (χ0v) is 8.70. The normalized spacial score (nSPS) is 16.4. The molecule has 0 aliphatic heterocycles. The van der Waals surface area contributed by atoms with E-state index in [-0.39, 0.29) is 18.4 Å². The van der Waals surface area contributed by atoms with Crippen molar-refractivity contribution in [3.05, 3.63) is 23.3 Å². The molecule has 0 atom stereocenters. The van der Waals surface area contributed by atoms with Crippen molar-refractivity contribution in [3.8, 4) is 5.75 Å². The lowest BCUT2D eigenvalue weighted by Crippen LogP contribution is -2.07. The highest BCUT2D eigenvalue weighted by atomic mass is 32.5. The summed E-state index contributed by atoms with van der Waals surface area (Å²) in [7, 11) is -9.81. The van der Waals surface area contributed by atoms with E-state index in [0.29, 0.717) is 0 Å². The lowest BCUT2D eigenvalue weighted by atomic mass is 10.1. The minimum atomic E-state index is -9.81. The quantitative estimate of drug-likeness (QED) is 0.641. The summed E-state index contributed by atoms with van der Waals surface area (Å²) >= 11 is 0. The lowest BCUT2D eigenvalue weighted by Gasteiger charge is -2.40. The van der Waals surface area contributed by atoms with Crippen LogP contribution < -0.4 is 0 Å². The van der Waals surface area contributed by atoms with Gasteiger partial charge in [-0.1, -0.05) is 19.4 Å². The molecule has 0 unspecified atom stereocenters. The van der Waals surface area contributed by atoms with Gasteiger partial charge in [0.15, 0.2) is 6.29 Å². The Kier molecular flexibility index (Phi) is 2.14. The molecule has 0 amide bonds. The maximum absolute atomic E-state index is 12.4. The van der Waals surface area contributed by atoms with Crippen LogP contribution in [-0.2, 0) is 0 Å². The number of hydrogen-bond acceptors (Lipinski definition) is 2. The highest BCUT2D eigenvalue weighted by Gasteiger charge is 2.65. The van der Waals surface area contributed by atoms with E-state index in [1.807, 2.05) is 0 Å². The fourth-order valence-electron chi connectivity index (χ4n) is 1.09. The highest BCUT2D eigenvalue weighted by molar-refractivity contribution is 8.45. The van der Waals surface area contributed by atoms with Crippen LogP contribution in [0.25, 0.3) is 0 Å². The number of aromatic hydroxyl groups is 1. The molecule has 16 heavy (non-hydrogen) atoms. The molecule has 8 heteroatoms. The number of phenolic OH excluding ortho intramolecular Hbond substituents is 1. The van der Waals surface area contributed by atoms with Crippen molar-refractivity contribution >= 4 is 16.5 Å². The number of hydrogen-bond donors (Lipinski definition) is 1. The van der Waals surface area contributed by atoms with Crippen LogP contribution in [0.2, 0.25) is 0 Å². The smallest absolute Gasteiger partial charge is 0.310 e. The van der Waals surface area contributed by atoms with E-state index in [2.05, 4.69) is 0 Å². The number of halogens is 5. The molecule has 1 aromatic rings. The summed E-state index contributed by atoms with van der Waals surface area (Å²) < 4.78 is 61.9. The van der Waals surface area contributed by atoms with Crippen LogP contribution in [0.5, 0.6) is 5.75 Å². The number of aldehydes is 1. The summed E-state index contributed by atoms with van der Waals surface area (Å²) in [6, 6.07) is 0.0563.